The Hall–Kier alpha value is -0.570. The lowest BCUT2D eigenvalue weighted by molar-refractivity contribution is -0.124. The molecular weight excluding hydrogens is 176 g/mol. The van der Waals surface area contributed by atoms with Crippen molar-refractivity contribution >= 4 is 5.91 Å². The van der Waals surface area contributed by atoms with E-state index in [9.17, 15) is 4.79 Å². The van der Waals surface area contributed by atoms with Gasteiger partial charge in [-0.1, -0.05) is 26.2 Å². The normalized spacial score (nSPS) is 12.9. The highest BCUT2D eigenvalue weighted by Crippen LogP contribution is 2.02. The summed E-state index contributed by atoms with van der Waals surface area (Å²) in [6.07, 6.45) is 5.00. The summed E-state index contributed by atoms with van der Waals surface area (Å²) in [4.78, 5) is 13.4. The Morgan fingerprint density at radius 2 is 2.00 bits per heavy atom. The Balaban J connectivity index is 3.61. The molecule has 0 aliphatic heterocycles. The number of nitrogens with zero attached hydrogens (tertiary/aromatic N) is 1. The number of carbonyl (C=O) groups is 1. The number of hydrogen-bond acceptors (Lipinski definition) is 2. The van der Waals surface area contributed by atoms with E-state index in [0.29, 0.717) is 0 Å². The first kappa shape index (κ1) is 13.4. The molecule has 0 saturated heterocycles. The Morgan fingerprint density at radius 1 is 1.36 bits per heavy atom. The minimum absolute atomic E-state index is 0.0124. The minimum Gasteiger partial charge on any atom is -0.358 e. The molecule has 84 valence electrons. The molecule has 0 spiro atoms. The number of unbranched alkanes of at least 4 members (excludes halogenated alkanes) is 3. The van der Waals surface area contributed by atoms with Gasteiger partial charge in [0.25, 0.3) is 0 Å². The summed E-state index contributed by atoms with van der Waals surface area (Å²) in [5, 5.41) is 2.67. The molecule has 0 heterocycles. The smallest absolute Gasteiger partial charge is 0.236 e. The van der Waals surface area contributed by atoms with Crippen LogP contribution in [-0.2, 0) is 4.79 Å². The quantitative estimate of drug-likeness (QED) is 0.634. The van der Waals surface area contributed by atoms with E-state index in [-0.39, 0.29) is 11.9 Å². The fraction of sp³-hybridized carbons (Fsp3) is 0.909. The number of carbonyl (C=O) groups excluding carboxylic acids is 1. The van der Waals surface area contributed by atoms with Crippen LogP contribution >= 0.6 is 0 Å². The average molecular weight is 200 g/mol. The molecule has 3 heteroatoms. The molecule has 1 unspecified atom stereocenters. The fourth-order valence-corrected chi connectivity index (χ4v) is 1.39. The van der Waals surface area contributed by atoms with Crippen molar-refractivity contribution in [2.45, 2.75) is 45.6 Å². The molecule has 0 aromatic heterocycles. The SMILES string of the molecule is CCCCCCN(C)C(C)C(=O)NC. The van der Waals surface area contributed by atoms with E-state index in [1.165, 1.54) is 25.7 Å². The largest absolute Gasteiger partial charge is 0.358 e. The predicted octanol–water partition coefficient (Wildman–Crippen LogP) is 1.63. The number of hydrogen-bond donors (Lipinski definition) is 1. The zero-order valence-electron chi connectivity index (χ0n) is 9.97. The second kappa shape index (κ2) is 7.80. The molecule has 1 amide bonds. The van der Waals surface area contributed by atoms with Gasteiger partial charge in [0.2, 0.25) is 5.91 Å². The number of nitrogens with one attached hydrogen (secondary N) is 1. The highest BCUT2D eigenvalue weighted by Gasteiger charge is 2.15. The highest BCUT2D eigenvalue weighted by atomic mass is 16.2. The van der Waals surface area contributed by atoms with Crippen molar-refractivity contribution in [1.82, 2.24) is 10.2 Å². The van der Waals surface area contributed by atoms with Gasteiger partial charge >= 0.3 is 0 Å². The molecule has 1 atom stereocenters. The summed E-state index contributed by atoms with van der Waals surface area (Å²) >= 11 is 0. The highest BCUT2D eigenvalue weighted by molar-refractivity contribution is 5.80. The first-order valence-electron chi connectivity index (χ1n) is 5.55. The summed E-state index contributed by atoms with van der Waals surface area (Å²) < 4.78 is 0. The predicted molar refractivity (Wildman–Crippen MR) is 60.3 cm³/mol. The van der Waals surface area contributed by atoms with Gasteiger partial charge in [0.1, 0.15) is 0 Å². The molecule has 0 aliphatic carbocycles. The first-order chi connectivity index (χ1) is 6.63. The van der Waals surface area contributed by atoms with Gasteiger partial charge in [-0.3, -0.25) is 9.69 Å². The van der Waals surface area contributed by atoms with Crippen LogP contribution < -0.4 is 5.32 Å². The number of amides is 1. The Bertz CT molecular complexity index is 159. The molecule has 0 aliphatic rings. The monoisotopic (exact) mass is 200 g/mol. The molecule has 0 radical (unpaired) electrons. The zero-order valence-corrected chi connectivity index (χ0v) is 9.97. The van der Waals surface area contributed by atoms with Gasteiger partial charge in [0, 0.05) is 7.05 Å². The van der Waals surface area contributed by atoms with E-state index in [0.717, 1.165) is 6.54 Å². The van der Waals surface area contributed by atoms with Gasteiger partial charge in [-0.15, -0.1) is 0 Å². The van der Waals surface area contributed by atoms with Crippen LogP contribution in [-0.4, -0.2) is 37.5 Å². The van der Waals surface area contributed by atoms with E-state index >= 15 is 0 Å². The van der Waals surface area contributed by atoms with Crippen molar-refractivity contribution < 1.29 is 4.79 Å². The molecule has 0 bridgehead atoms. The molecule has 0 aromatic rings. The summed E-state index contributed by atoms with van der Waals surface area (Å²) in [7, 11) is 3.69. The fourth-order valence-electron chi connectivity index (χ4n) is 1.39. The van der Waals surface area contributed by atoms with Crippen LogP contribution in [0.25, 0.3) is 0 Å². The van der Waals surface area contributed by atoms with E-state index in [1.54, 1.807) is 7.05 Å². The Morgan fingerprint density at radius 3 is 2.50 bits per heavy atom. The summed E-state index contributed by atoms with van der Waals surface area (Å²) in [6.45, 7) is 5.16. The van der Waals surface area contributed by atoms with Crippen LogP contribution in [0.4, 0.5) is 0 Å². The van der Waals surface area contributed by atoms with Crippen molar-refractivity contribution in [3.8, 4) is 0 Å². The second-order valence-electron chi connectivity index (χ2n) is 3.83. The van der Waals surface area contributed by atoms with Gasteiger partial charge in [0.15, 0.2) is 0 Å². The average Bonchev–Trinajstić information content (AvgIpc) is 2.21. The van der Waals surface area contributed by atoms with Crippen LogP contribution in [0.3, 0.4) is 0 Å². The van der Waals surface area contributed by atoms with Crippen molar-refractivity contribution in [3.05, 3.63) is 0 Å². The molecule has 14 heavy (non-hydrogen) atoms. The Labute approximate surface area is 87.9 Å². The van der Waals surface area contributed by atoms with Crippen LogP contribution in [0.5, 0.6) is 0 Å². The molecule has 0 fully saturated rings. The molecule has 0 saturated carbocycles. The third kappa shape index (κ3) is 5.22. The maximum atomic E-state index is 11.3. The van der Waals surface area contributed by atoms with Crippen molar-refractivity contribution in [3.63, 3.8) is 0 Å². The van der Waals surface area contributed by atoms with Gasteiger partial charge in [-0.2, -0.15) is 0 Å². The van der Waals surface area contributed by atoms with Crippen LogP contribution in [0.2, 0.25) is 0 Å². The molecular formula is C11H24N2O. The summed E-state index contributed by atoms with van der Waals surface area (Å²) in [5.41, 5.74) is 0. The van der Waals surface area contributed by atoms with Crippen molar-refractivity contribution in [2.24, 2.45) is 0 Å². The van der Waals surface area contributed by atoms with E-state index in [1.807, 2.05) is 14.0 Å². The number of rotatable bonds is 7. The maximum absolute atomic E-state index is 11.3. The lowest BCUT2D eigenvalue weighted by Crippen LogP contribution is -2.42. The van der Waals surface area contributed by atoms with Crippen LogP contribution in [0, 0.1) is 0 Å². The molecule has 3 nitrogen and oxygen atoms in total. The van der Waals surface area contributed by atoms with Crippen LogP contribution in [0.1, 0.15) is 39.5 Å². The molecule has 0 aromatic carbocycles. The van der Waals surface area contributed by atoms with Gasteiger partial charge in [0.05, 0.1) is 6.04 Å². The summed E-state index contributed by atoms with van der Waals surface area (Å²) in [6, 6.07) is -0.0124. The first-order valence-corrected chi connectivity index (χ1v) is 5.55. The Kier molecular flexibility index (Phi) is 7.48. The lowest BCUT2D eigenvalue weighted by Gasteiger charge is -2.22. The third-order valence-electron chi connectivity index (χ3n) is 2.65. The summed E-state index contributed by atoms with van der Waals surface area (Å²) in [5.74, 6) is 0.1000. The van der Waals surface area contributed by atoms with Gasteiger partial charge in [-0.05, 0) is 26.9 Å². The molecule has 1 N–H and O–H groups in total. The van der Waals surface area contributed by atoms with E-state index in [2.05, 4.69) is 17.1 Å². The topological polar surface area (TPSA) is 32.3 Å². The van der Waals surface area contributed by atoms with Gasteiger partial charge < -0.3 is 5.32 Å². The molecule has 0 rings (SSSR count). The third-order valence-corrected chi connectivity index (χ3v) is 2.65. The standard InChI is InChI=1S/C11H24N2O/c1-5-6-7-8-9-13(4)10(2)11(14)12-3/h10H,5-9H2,1-4H3,(H,12,14). The van der Waals surface area contributed by atoms with E-state index < -0.39 is 0 Å². The van der Waals surface area contributed by atoms with Crippen LogP contribution in [0.15, 0.2) is 0 Å². The lowest BCUT2D eigenvalue weighted by atomic mass is 10.2. The number of likely N-dealkylation sites (N-methyl/N-ethyl adjacent to an activating group) is 2. The van der Waals surface area contributed by atoms with Crippen molar-refractivity contribution in [2.75, 3.05) is 20.6 Å². The maximum Gasteiger partial charge on any atom is 0.236 e. The van der Waals surface area contributed by atoms with E-state index in [4.69, 9.17) is 0 Å². The zero-order chi connectivity index (χ0) is 11.0. The second-order valence-corrected chi connectivity index (χ2v) is 3.83. The minimum atomic E-state index is -0.0124. The van der Waals surface area contributed by atoms with Crippen molar-refractivity contribution in [1.29, 1.82) is 0 Å². The van der Waals surface area contributed by atoms with Gasteiger partial charge in [-0.25, -0.2) is 0 Å².